The number of aromatic amines is 1. The summed E-state index contributed by atoms with van der Waals surface area (Å²) in [6, 6.07) is 7.75. The van der Waals surface area contributed by atoms with Crippen LogP contribution in [0.4, 0.5) is 5.69 Å². The van der Waals surface area contributed by atoms with Crippen molar-refractivity contribution in [3.05, 3.63) is 30.5 Å². The Balaban J connectivity index is 0.00000192. The number of hydrogen-bond acceptors (Lipinski definition) is 3. The van der Waals surface area contributed by atoms with Gasteiger partial charge in [0.2, 0.25) is 5.91 Å². The topological polar surface area (TPSA) is 80.1 Å². The highest BCUT2D eigenvalue weighted by Crippen LogP contribution is 2.50. The average molecular weight is 338 g/mol. The van der Waals surface area contributed by atoms with Gasteiger partial charge in [-0.25, -0.2) is 0 Å². The first-order valence-electron chi connectivity index (χ1n) is 7.67. The summed E-state index contributed by atoms with van der Waals surface area (Å²) in [6.45, 7) is 6.58. The van der Waals surface area contributed by atoms with Crippen LogP contribution in [0.5, 0.6) is 0 Å². The van der Waals surface area contributed by atoms with Crippen LogP contribution in [0, 0.1) is 5.41 Å². The maximum Gasteiger partial charge on any atom is 0.245 e. The number of ether oxygens (including phenoxy) is 1. The number of nitrogens with two attached hydrogens (primary N) is 1. The minimum Gasteiger partial charge on any atom is -0.378 e. The largest absolute Gasteiger partial charge is 0.378 e. The summed E-state index contributed by atoms with van der Waals surface area (Å²) >= 11 is 0. The number of carbonyl (C=O) groups is 1. The Morgan fingerprint density at radius 2 is 2.17 bits per heavy atom. The first kappa shape index (κ1) is 17.8. The number of hydrogen-bond donors (Lipinski definition) is 3. The van der Waals surface area contributed by atoms with Crippen LogP contribution in [0.25, 0.3) is 10.9 Å². The van der Waals surface area contributed by atoms with E-state index in [0.29, 0.717) is 13.0 Å². The average Bonchev–Trinajstić information content (AvgIpc) is 2.94. The van der Waals surface area contributed by atoms with Gasteiger partial charge in [-0.3, -0.25) is 4.79 Å². The van der Waals surface area contributed by atoms with Crippen molar-refractivity contribution in [1.29, 1.82) is 0 Å². The SMILES string of the molecule is CCOC1CC(N)(C(=O)Nc2ccc3[nH]ccc3c2)C1(C)C.Cl. The van der Waals surface area contributed by atoms with Gasteiger partial charge < -0.3 is 20.8 Å². The number of carbonyl (C=O) groups excluding carboxylic acids is 1. The monoisotopic (exact) mass is 337 g/mol. The Morgan fingerprint density at radius 3 is 2.83 bits per heavy atom. The lowest BCUT2D eigenvalue weighted by Crippen LogP contribution is -2.74. The van der Waals surface area contributed by atoms with E-state index >= 15 is 0 Å². The predicted octanol–water partition coefficient (Wildman–Crippen LogP) is 3.06. The van der Waals surface area contributed by atoms with E-state index in [1.54, 1.807) is 0 Å². The Hall–Kier alpha value is -1.56. The van der Waals surface area contributed by atoms with E-state index in [1.807, 2.05) is 51.2 Å². The first-order valence-corrected chi connectivity index (χ1v) is 7.67. The molecule has 2 unspecified atom stereocenters. The van der Waals surface area contributed by atoms with Crippen molar-refractivity contribution < 1.29 is 9.53 Å². The van der Waals surface area contributed by atoms with E-state index in [-0.39, 0.29) is 29.8 Å². The molecule has 1 aromatic heterocycles. The Morgan fingerprint density at radius 1 is 1.43 bits per heavy atom. The Labute approximate surface area is 142 Å². The normalized spacial score (nSPS) is 25.5. The van der Waals surface area contributed by atoms with Gasteiger partial charge in [0.25, 0.3) is 0 Å². The molecule has 0 aliphatic heterocycles. The molecule has 1 fully saturated rings. The fourth-order valence-corrected chi connectivity index (χ4v) is 3.19. The summed E-state index contributed by atoms with van der Waals surface area (Å²) in [4.78, 5) is 15.8. The van der Waals surface area contributed by atoms with Crippen molar-refractivity contribution in [2.75, 3.05) is 11.9 Å². The van der Waals surface area contributed by atoms with E-state index < -0.39 is 5.54 Å². The lowest BCUT2D eigenvalue weighted by atomic mass is 9.54. The van der Waals surface area contributed by atoms with E-state index in [2.05, 4.69) is 10.3 Å². The molecule has 1 aliphatic carbocycles. The van der Waals surface area contributed by atoms with Crippen molar-refractivity contribution in [3.8, 4) is 0 Å². The molecule has 1 heterocycles. The summed E-state index contributed by atoms with van der Waals surface area (Å²) in [5.74, 6) is -0.150. The van der Waals surface area contributed by atoms with Crippen molar-refractivity contribution >= 4 is 34.9 Å². The molecular formula is C17H24ClN3O2. The zero-order chi connectivity index (χ0) is 16.0. The molecule has 0 radical (unpaired) electrons. The highest BCUT2D eigenvalue weighted by Gasteiger charge is 2.62. The zero-order valence-electron chi connectivity index (χ0n) is 13.7. The number of amides is 1. The van der Waals surface area contributed by atoms with Crippen molar-refractivity contribution in [2.45, 2.75) is 38.8 Å². The minimum atomic E-state index is -0.903. The van der Waals surface area contributed by atoms with E-state index in [4.69, 9.17) is 10.5 Å². The van der Waals surface area contributed by atoms with Crippen LogP contribution in [0.3, 0.4) is 0 Å². The second-order valence-corrected chi connectivity index (χ2v) is 6.57. The number of aromatic nitrogens is 1. The highest BCUT2D eigenvalue weighted by atomic mass is 35.5. The molecule has 1 aromatic carbocycles. The van der Waals surface area contributed by atoms with E-state index in [9.17, 15) is 4.79 Å². The summed E-state index contributed by atoms with van der Waals surface area (Å²) in [7, 11) is 0. The molecule has 126 valence electrons. The fourth-order valence-electron chi connectivity index (χ4n) is 3.19. The van der Waals surface area contributed by atoms with Crippen LogP contribution in [0.15, 0.2) is 30.5 Å². The second-order valence-electron chi connectivity index (χ2n) is 6.57. The van der Waals surface area contributed by atoms with Crippen molar-refractivity contribution in [2.24, 2.45) is 11.1 Å². The van der Waals surface area contributed by atoms with Crippen LogP contribution >= 0.6 is 12.4 Å². The predicted molar refractivity (Wildman–Crippen MR) is 94.9 cm³/mol. The molecule has 0 spiro atoms. The van der Waals surface area contributed by atoms with Gasteiger partial charge in [0.1, 0.15) is 5.54 Å². The fraction of sp³-hybridized carbons (Fsp3) is 0.471. The molecule has 4 N–H and O–H groups in total. The van der Waals surface area contributed by atoms with Gasteiger partial charge in [0.05, 0.1) is 6.10 Å². The molecule has 23 heavy (non-hydrogen) atoms. The molecule has 6 heteroatoms. The molecule has 5 nitrogen and oxygen atoms in total. The van der Waals surface area contributed by atoms with Crippen LogP contribution in [-0.4, -0.2) is 29.1 Å². The first-order chi connectivity index (χ1) is 10.4. The van der Waals surface area contributed by atoms with Gasteiger partial charge in [-0.1, -0.05) is 13.8 Å². The van der Waals surface area contributed by atoms with Crippen molar-refractivity contribution in [1.82, 2.24) is 4.98 Å². The van der Waals surface area contributed by atoms with Gasteiger partial charge in [-0.2, -0.15) is 0 Å². The number of nitrogens with one attached hydrogen (secondary N) is 2. The molecule has 0 bridgehead atoms. The maximum atomic E-state index is 12.7. The molecule has 1 aliphatic rings. The standard InChI is InChI=1S/C17H23N3O2.ClH/c1-4-22-14-10-17(18,16(14,2)3)15(21)20-12-5-6-13-11(9-12)7-8-19-13;/h5-9,14,19H,4,10,18H2,1-3H3,(H,20,21);1H. The molecule has 1 amide bonds. The smallest absolute Gasteiger partial charge is 0.245 e. The molecular weight excluding hydrogens is 314 g/mol. The summed E-state index contributed by atoms with van der Waals surface area (Å²) in [6.07, 6.45) is 2.45. The molecule has 0 saturated heterocycles. The number of halogens is 1. The summed E-state index contributed by atoms with van der Waals surface area (Å²) in [5, 5.41) is 4.01. The van der Waals surface area contributed by atoms with Crippen LogP contribution in [0.1, 0.15) is 27.2 Å². The number of fused-ring (bicyclic) bond motifs is 1. The van der Waals surface area contributed by atoms with E-state index in [0.717, 1.165) is 16.6 Å². The van der Waals surface area contributed by atoms with Crippen molar-refractivity contribution in [3.63, 3.8) is 0 Å². The maximum absolute atomic E-state index is 12.7. The van der Waals surface area contributed by atoms with Crippen LogP contribution < -0.4 is 11.1 Å². The van der Waals surface area contributed by atoms with Gasteiger partial charge in [0, 0.05) is 41.2 Å². The van der Waals surface area contributed by atoms with Crippen LogP contribution in [-0.2, 0) is 9.53 Å². The van der Waals surface area contributed by atoms with Gasteiger partial charge in [-0.05, 0) is 31.2 Å². The Bertz CT molecular complexity index is 713. The third-order valence-electron chi connectivity index (χ3n) is 5.05. The van der Waals surface area contributed by atoms with Gasteiger partial charge in [-0.15, -0.1) is 12.4 Å². The molecule has 1 saturated carbocycles. The van der Waals surface area contributed by atoms with Gasteiger partial charge >= 0.3 is 0 Å². The third-order valence-corrected chi connectivity index (χ3v) is 5.05. The van der Waals surface area contributed by atoms with E-state index in [1.165, 1.54) is 0 Å². The zero-order valence-corrected chi connectivity index (χ0v) is 14.5. The van der Waals surface area contributed by atoms with Gasteiger partial charge in [0.15, 0.2) is 0 Å². The lowest BCUT2D eigenvalue weighted by Gasteiger charge is -2.57. The minimum absolute atomic E-state index is 0. The lowest BCUT2D eigenvalue weighted by molar-refractivity contribution is -0.166. The number of rotatable bonds is 4. The second kappa shape index (κ2) is 6.15. The molecule has 2 aromatic rings. The Kier molecular flexibility index (Phi) is 4.76. The summed E-state index contributed by atoms with van der Waals surface area (Å²) < 4.78 is 5.67. The highest BCUT2D eigenvalue weighted by molar-refractivity contribution is 6.01. The number of benzene rings is 1. The summed E-state index contributed by atoms with van der Waals surface area (Å²) in [5.41, 5.74) is 6.90. The number of H-pyrrole nitrogens is 1. The molecule has 3 rings (SSSR count). The van der Waals surface area contributed by atoms with Crippen LogP contribution in [0.2, 0.25) is 0 Å². The number of anilines is 1. The third kappa shape index (κ3) is 2.73. The quantitative estimate of drug-likeness (QED) is 0.802. The molecule has 2 atom stereocenters.